The van der Waals surface area contributed by atoms with Gasteiger partial charge >= 0.3 is 0 Å². The van der Waals surface area contributed by atoms with Crippen molar-refractivity contribution in [3.63, 3.8) is 0 Å². The van der Waals surface area contributed by atoms with Crippen molar-refractivity contribution in [2.75, 3.05) is 5.75 Å². The Balaban J connectivity index is 1.90. The average Bonchev–Trinajstić information content (AvgIpc) is 2.82. The van der Waals surface area contributed by atoms with Gasteiger partial charge in [-0.1, -0.05) is 19.3 Å². The van der Waals surface area contributed by atoms with Crippen LogP contribution in [0.4, 0.5) is 0 Å². The number of nitrogens with zero attached hydrogens (tertiary/aromatic N) is 2. The van der Waals surface area contributed by atoms with Gasteiger partial charge in [0.2, 0.25) is 10.0 Å². The predicted octanol–water partition coefficient (Wildman–Crippen LogP) is 1.37. The molecule has 1 saturated carbocycles. The van der Waals surface area contributed by atoms with Crippen LogP contribution < -0.4 is 4.72 Å². The molecule has 1 aliphatic rings. The zero-order valence-electron chi connectivity index (χ0n) is 10.6. The zero-order chi connectivity index (χ0) is 13.0. The highest BCUT2D eigenvalue weighted by Gasteiger charge is 2.23. The molecule has 1 unspecified atom stereocenters. The number of aromatic amines is 1. The van der Waals surface area contributed by atoms with Crippen LogP contribution in [0.3, 0.4) is 0 Å². The van der Waals surface area contributed by atoms with Crippen LogP contribution in [-0.4, -0.2) is 29.4 Å². The summed E-state index contributed by atoms with van der Waals surface area (Å²) in [5.74, 6) is 1.08. The third-order valence-corrected chi connectivity index (χ3v) is 5.00. The number of nitrogens with one attached hydrogen (secondary N) is 2. The summed E-state index contributed by atoms with van der Waals surface area (Å²) in [5, 5.41) is 6.39. The Hall–Kier alpha value is -0.950. The largest absolute Gasteiger partial charge is 0.262 e. The van der Waals surface area contributed by atoms with E-state index in [4.69, 9.17) is 0 Å². The highest BCUT2D eigenvalue weighted by molar-refractivity contribution is 7.89. The molecule has 0 amide bonds. The van der Waals surface area contributed by atoms with Gasteiger partial charge in [-0.3, -0.25) is 5.10 Å². The van der Waals surface area contributed by atoms with Gasteiger partial charge in [0.25, 0.3) is 0 Å². The lowest BCUT2D eigenvalue weighted by Crippen LogP contribution is -2.33. The minimum atomic E-state index is -3.24. The first-order valence-electron chi connectivity index (χ1n) is 6.42. The standard InChI is InChI=1S/C11H20N4O2S/c1-9(11-12-8-13-14-11)15-18(16,17)7-10-5-3-2-4-6-10/h8-10,15H,2-7H2,1H3,(H,12,13,14). The van der Waals surface area contributed by atoms with E-state index in [0.717, 1.165) is 25.7 Å². The van der Waals surface area contributed by atoms with Crippen LogP contribution in [0.25, 0.3) is 0 Å². The number of sulfonamides is 1. The van der Waals surface area contributed by atoms with Gasteiger partial charge in [-0.15, -0.1) is 0 Å². The molecule has 0 aliphatic heterocycles. The Morgan fingerprint density at radius 1 is 1.44 bits per heavy atom. The molecular formula is C11H20N4O2S. The van der Waals surface area contributed by atoms with E-state index in [1.54, 1.807) is 6.92 Å². The van der Waals surface area contributed by atoms with E-state index in [2.05, 4.69) is 19.9 Å². The Kier molecular flexibility index (Phi) is 4.34. The monoisotopic (exact) mass is 272 g/mol. The molecule has 7 heteroatoms. The van der Waals surface area contributed by atoms with E-state index >= 15 is 0 Å². The molecule has 1 aliphatic carbocycles. The summed E-state index contributed by atoms with van der Waals surface area (Å²) in [6, 6.07) is -0.360. The number of hydrogen-bond donors (Lipinski definition) is 2. The van der Waals surface area contributed by atoms with Crippen molar-refractivity contribution in [2.45, 2.75) is 45.1 Å². The molecule has 18 heavy (non-hydrogen) atoms. The molecule has 0 radical (unpaired) electrons. The van der Waals surface area contributed by atoms with Crippen LogP contribution in [0.5, 0.6) is 0 Å². The van der Waals surface area contributed by atoms with Crippen LogP contribution in [0.2, 0.25) is 0 Å². The lowest BCUT2D eigenvalue weighted by atomic mass is 9.91. The molecule has 0 saturated heterocycles. The van der Waals surface area contributed by atoms with Gasteiger partial charge in [-0.05, 0) is 25.7 Å². The number of aromatic nitrogens is 3. The lowest BCUT2D eigenvalue weighted by molar-refractivity contribution is 0.383. The summed E-state index contributed by atoms with van der Waals surface area (Å²) in [6.07, 6.45) is 6.96. The van der Waals surface area contributed by atoms with E-state index in [1.165, 1.54) is 12.7 Å². The predicted molar refractivity (Wildman–Crippen MR) is 68.3 cm³/mol. The summed E-state index contributed by atoms with van der Waals surface area (Å²) in [4.78, 5) is 3.95. The molecule has 0 aromatic carbocycles. The molecule has 102 valence electrons. The topological polar surface area (TPSA) is 87.7 Å². The molecule has 0 spiro atoms. The molecule has 1 heterocycles. The average molecular weight is 272 g/mol. The number of H-pyrrole nitrogens is 1. The highest BCUT2D eigenvalue weighted by Crippen LogP contribution is 2.25. The van der Waals surface area contributed by atoms with Gasteiger partial charge in [-0.25, -0.2) is 18.1 Å². The first-order chi connectivity index (χ1) is 8.57. The molecule has 1 atom stereocenters. The van der Waals surface area contributed by atoms with Crippen molar-refractivity contribution in [1.82, 2.24) is 19.9 Å². The Labute approximate surface area is 108 Å². The van der Waals surface area contributed by atoms with E-state index < -0.39 is 10.0 Å². The summed E-state index contributed by atoms with van der Waals surface area (Å²) in [7, 11) is -3.24. The summed E-state index contributed by atoms with van der Waals surface area (Å²) in [5.41, 5.74) is 0. The maximum atomic E-state index is 12.0. The van der Waals surface area contributed by atoms with Crippen LogP contribution >= 0.6 is 0 Å². The normalized spacial score (nSPS) is 19.8. The SMILES string of the molecule is CC(NS(=O)(=O)CC1CCCCC1)c1ncn[nH]1. The van der Waals surface area contributed by atoms with Gasteiger partial charge in [0.05, 0.1) is 11.8 Å². The van der Waals surface area contributed by atoms with Crippen molar-refractivity contribution in [1.29, 1.82) is 0 Å². The van der Waals surface area contributed by atoms with Gasteiger partial charge < -0.3 is 0 Å². The first-order valence-corrected chi connectivity index (χ1v) is 8.07. The van der Waals surface area contributed by atoms with Crippen LogP contribution in [0.1, 0.15) is 50.9 Å². The smallest absolute Gasteiger partial charge is 0.212 e. The zero-order valence-corrected chi connectivity index (χ0v) is 11.4. The summed E-state index contributed by atoms with van der Waals surface area (Å²) in [6.45, 7) is 1.76. The minimum Gasteiger partial charge on any atom is -0.262 e. The fourth-order valence-corrected chi connectivity index (χ4v) is 4.16. The molecule has 1 aromatic heterocycles. The number of rotatable bonds is 5. The second-order valence-electron chi connectivity index (χ2n) is 5.00. The van der Waals surface area contributed by atoms with Gasteiger partial charge in [-0.2, -0.15) is 5.10 Å². The van der Waals surface area contributed by atoms with Crippen molar-refractivity contribution >= 4 is 10.0 Å². The van der Waals surface area contributed by atoms with Crippen LogP contribution in [-0.2, 0) is 10.0 Å². The molecule has 2 N–H and O–H groups in total. The summed E-state index contributed by atoms with van der Waals surface area (Å²) < 4.78 is 26.7. The molecule has 1 aromatic rings. The Bertz CT molecular complexity index is 451. The van der Waals surface area contributed by atoms with Crippen LogP contribution in [0.15, 0.2) is 6.33 Å². The van der Waals surface area contributed by atoms with E-state index in [1.807, 2.05) is 0 Å². The molecule has 2 rings (SSSR count). The second kappa shape index (κ2) is 5.79. The third kappa shape index (κ3) is 3.78. The van der Waals surface area contributed by atoms with Crippen molar-refractivity contribution < 1.29 is 8.42 Å². The van der Waals surface area contributed by atoms with Gasteiger partial charge in [0, 0.05) is 0 Å². The Morgan fingerprint density at radius 2 is 2.17 bits per heavy atom. The van der Waals surface area contributed by atoms with Crippen molar-refractivity contribution in [3.8, 4) is 0 Å². The van der Waals surface area contributed by atoms with Gasteiger partial charge in [0.1, 0.15) is 12.2 Å². The second-order valence-corrected chi connectivity index (χ2v) is 6.79. The minimum absolute atomic E-state index is 0.228. The molecular weight excluding hydrogens is 252 g/mol. The van der Waals surface area contributed by atoms with Crippen molar-refractivity contribution in [3.05, 3.63) is 12.2 Å². The maximum Gasteiger partial charge on any atom is 0.212 e. The molecule has 6 nitrogen and oxygen atoms in total. The lowest BCUT2D eigenvalue weighted by Gasteiger charge is -2.22. The fourth-order valence-electron chi connectivity index (χ4n) is 2.46. The molecule has 1 fully saturated rings. The quantitative estimate of drug-likeness (QED) is 0.847. The molecule has 0 bridgehead atoms. The highest BCUT2D eigenvalue weighted by atomic mass is 32.2. The Morgan fingerprint density at radius 3 is 2.78 bits per heavy atom. The van der Waals surface area contributed by atoms with Crippen molar-refractivity contribution in [2.24, 2.45) is 5.92 Å². The van der Waals surface area contributed by atoms with E-state index in [9.17, 15) is 8.42 Å². The first kappa shape index (κ1) is 13.5. The third-order valence-electron chi connectivity index (χ3n) is 3.38. The summed E-state index contributed by atoms with van der Waals surface area (Å²) >= 11 is 0. The fraction of sp³-hybridized carbons (Fsp3) is 0.818. The van der Waals surface area contributed by atoms with E-state index in [-0.39, 0.29) is 11.8 Å². The van der Waals surface area contributed by atoms with Crippen LogP contribution in [0, 0.1) is 5.92 Å². The van der Waals surface area contributed by atoms with Gasteiger partial charge in [0.15, 0.2) is 0 Å². The van der Waals surface area contributed by atoms with E-state index in [0.29, 0.717) is 11.7 Å². The number of hydrogen-bond acceptors (Lipinski definition) is 4. The maximum absolute atomic E-state index is 12.0.